The molecule has 0 amide bonds. The van der Waals surface area contributed by atoms with E-state index in [9.17, 15) is 10.2 Å². The Balaban J connectivity index is 2.00. The fourth-order valence-corrected chi connectivity index (χ4v) is 4.55. The van der Waals surface area contributed by atoms with Crippen LogP contribution in [0.15, 0.2) is 0 Å². The molecule has 3 aliphatic rings. The number of hydrogen-bond donors (Lipinski definition) is 2. The highest BCUT2D eigenvalue weighted by Gasteiger charge is 2.55. The van der Waals surface area contributed by atoms with Crippen molar-refractivity contribution in [2.24, 2.45) is 17.8 Å². The summed E-state index contributed by atoms with van der Waals surface area (Å²) >= 11 is 0. The lowest BCUT2D eigenvalue weighted by Gasteiger charge is -2.47. The summed E-state index contributed by atoms with van der Waals surface area (Å²) in [6.45, 7) is 2.20. The summed E-state index contributed by atoms with van der Waals surface area (Å²) < 4.78 is 5.80. The van der Waals surface area contributed by atoms with Gasteiger partial charge in [0.2, 0.25) is 0 Å². The van der Waals surface area contributed by atoms with Crippen LogP contribution in [-0.2, 0) is 4.74 Å². The molecular formula is C14H24O3. The number of rotatable bonds is 0. The Labute approximate surface area is 103 Å². The molecule has 17 heavy (non-hydrogen) atoms. The zero-order chi connectivity index (χ0) is 12.0. The highest BCUT2D eigenvalue weighted by Crippen LogP contribution is 2.51. The van der Waals surface area contributed by atoms with Gasteiger partial charge < -0.3 is 14.9 Å². The molecule has 3 rings (SSSR count). The third kappa shape index (κ3) is 1.74. The minimum atomic E-state index is -0.752. The van der Waals surface area contributed by atoms with Crippen molar-refractivity contribution in [1.29, 1.82) is 0 Å². The van der Waals surface area contributed by atoms with Crippen molar-refractivity contribution in [2.45, 2.75) is 69.9 Å². The predicted molar refractivity (Wildman–Crippen MR) is 64.3 cm³/mol. The van der Waals surface area contributed by atoms with Gasteiger partial charge in [-0.25, -0.2) is 0 Å². The fraction of sp³-hybridized carbons (Fsp3) is 1.00. The van der Waals surface area contributed by atoms with Gasteiger partial charge in [-0.15, -0.1) is 0 Å². The lowest BCUT2D eigenvalue weighted by molar-refractivity contribution is -0.190. The molecule has 2 bridgehead atoms. The van der Waals surface area contributed by atoms with Crippen molar-refractivity contribution in [3.63, 3.8) is 0 Å². The normalized spacial score (nSPS) is 54.9. The first-order valence-corrected chi connectivity index (χ1v) is 7.19. The summed E-state index contributed by atoms with van der Waals surface area (Å²) in [5.41, 5.74) is -0.674. The number of aliphatic hydroxyl groups excluding tert-OH is 1. The number of aliphatic hydroxyl groups is 2. The summed E-state index contributed by atoms with van der Waals surface area (Å²) in [6.07, 6.45) is 6.68. The molecule has 98 valence electrons. The monoisotopic (exact) mass is 240 g/mol. The van der Waals surface area contributed by atoms with E-state index in [1.54, 1.807) is 0 Å². The van der Waals surface area contributed by atoms with Crippen molar-refractivity contribution < 1.29 is 14.9 Å². The lowest BCUT2D eigenvalue weighted by atomic mass is 9.61. The Hall–Kier alpha value is -0.120. The van der Waals surface area contributed by atoms with Gasteiger partial charge in [-0.1, -0.05) is 26.2 Å². The molecule has 3 fully saturated rings. The van der Waals surface area contributed by atoms with E-state index in [1.807, 2.05) is 0 Å². The second-order valence-electron chi connectivity index (χ2n) is 6.31. The average Bonchev–Trinajstić information content (AvgIpc) is 2.53. The molecule has 0 aromatic heterocycles. The van der Waals surface area contributed by atoms with Gasteiger partial charge in [-0.3, -0.25) is 0 Å². The summed E-state index contributed by atoms with van der Waals surface area (Å²) in [5, 5.41) is 21.3. The van der Waals surface area contributed by atoms with Crippen LogP contribution in [0.3, 0.4) is 0 Å². The molecule has 2 heterocycles. The zero-order valence-corrected chi connectivity index (χ0v) is 10.6. The maximum Gasteiger partial charge on any atom is 0.160 e. The smallest absolute Gasteiger partial charge is 0.160 e. The summed E-state index contributed by atoms with van der Waals surface area (Å²) in [5.74, 6) is 0.631. The molecule has 2 aliphatic heterocycles. The summed E-state index contributed by atoms with van der Waals surface area (Å²) in [4.78, 5) is 0. The fourth-order valence-electron chi connectivity index (χ4n) is 4.55. The molecule has 6 unspecified atom stereocenters. The molecule has 2 saturated heterocycles. The summed E-state index contributed by atoms with van der Waals surface area (Å²) in [6, 6.07) is 0. The lowest BCUT2D eigenvalue weighted by Crippen LogP contribution is -2.52. The standard InChI is InChI=1S/C14H24O3/c1-9-10-5-2-3-8-14(10,16)11-6-4-7-12(9)17-13(11)15/h9-13,15-16H,2-8H2,1H3. The zero-order valence-electron chi connectivity index (χ0n) is 10.6. The van der Waals surface area contributed by atoms with E-state index in [2.05, 4.69) is 6.92 Å². The molecule has 3 heteroatoms. The Morgan fingerprint density at radius 1 is 1.06 bits per heavy atom. The Bertz CT molecular complexity index is 289. The van der Waals surface area contributed by atoms with E-state index in [-0.39, 0.29) is 12.0 Å². The van der Waals surface area contributed by atoms with Crippen LogP contribution in [0.2, 0.25) is 0 Å². The number of fused-ring (bicyclic) bond motifs is 5. The predicted octanol–water partition coefficient (Wildman–Crippen LogP) is 2.06. The van der Waals surface area contributed by atoms with Crippen LogP contribution < -0.4 is 0 Å². The van der Waals surface area contributed by atoms with Gasteiger partial charge in [0, 0.05) is 5.92 Å². The van der Waals surface area contributed by atoms with E-state index in [0.29, 0.717) is 11.8 Å². The van der Waals surface area contributed by atoms with Crippen LogP contribution in [0, 0.1) is 17.8 Å². The minimum absolute atomic E-state index is 0.0669. The maximum atomic E-state index is 11.1. The van der Waals surface area contributed by atoms with E-state index in [4.69, 9.17) is 4.74 Å². The maximum absolute atomic E-state index is 11.1. The molecule has 6 atom stereocenters. The first-order chi connectivity index (χ1) is 8.13. The van der Waals surface area contributed by atoms with Crippen molar-refractivity contribution in [1.82, 2.24) is 0 Å². The van der Waals surface area contributed by atoms with Crippen LogP contribution in [0.25, 0.3) is 0 Å². The SMILES string of the molecule is CC1C2CCCC(C(O)O2)C2(O)CCCCC12. The third-order valence-electron chi connectivity index (χ3n) is 5.51. The van der Waals surface area contributed by atoms with E-state index >= 15 is 0 Å². The second kappa shape index (κ2) is 4.22. The van der Waals surface area contributed by atoms with E-state index < -0.39 is 11.9 Å². The van der Waals surface area contributed by atoms with Crippen molar-refractivity contribution in [2.75, 3.05) is 0 Å². The largest absolute Gasteiger partial charge is 0.389 e. The first kappa shape index (κ1) is 11.9. The molecule has 0 radical (unpaired) electrons. The van der Waals surface area contributed by atoms with Crippen LogP contribution in [-0.4, -0.2) is 28.2 Å². The summed E-state index contributed by atoms with van der Waals surface area (Å²) in [7, 11) is 0. The minimum Gasteiger partial charge on any atom is -0.389 e. The van der Waals surface area contributed by atoms with Gasteiger partial charge in [0.05, 0.1) is 11.7 Å². The Morgan fingerprint density at radius 3 is 2.65 bits per heavy atom. The highest BCUT2D eigenvalue weighted by molar-refractivity contribution is 5.02. The molecule has 3 nitrogen and oxygen atoms in total. The molecule has 1 saturated carbocycles. The quantitative estimate of drug-likeness (QED) is 0.681. The Kier molecular flexibility index (Phi) is 2.96. The molecule has 0 spiro atoms. The van der Waals surface area contributed by atoms with Gasteiger partial charge in [0.1, 0.15) is 0 Å². The number of ether oxygens (including phenoxy) is 1. The molecule has 2 N–H and O–H groups in total. The van der Waals surface area contributed by atoms with E-state index in [0.717, 1.165) is 38.5 Å². The molecule has 0 aromatic carbocycles. The van der Waals surface area contributed by atoms with Crippen molar-refractivity contribution in [3.8, 4) is 0 Å². The van der Waals surface area contributed by atoms with Gasteiger partial charge in [-0.2, -0.15) is 0 Å². The van der Waals surface area contributed by atoms with Crippen LogP contribution in [0.4, 0.5) is 0 Å². The molecular weight excluding hydrogens is 216 g/mol. The Morgan fingerprint density at radius 2 is 1.82 bits per heavy atom. The number of hydrogen-bond acceptors (Lipinski definition) is 3. The van der Waals surface area contributed by atoms with Crippen LogP contribution in [0.5, 0.6) is 0 Å². The van der Waals surface area contributed by atoms with Crippen molar-refractivity contribution in [3.05, 3.63) is 0 Å². The van der Waals surface area contributed by atoms with Gasteiger partial charge >= 0.3 is 0 Å². The second-order valence-corrected chi connectivity index (χ2v) is 6.31. The van der Waals surface area contributed by atoms with Crippen molar-refractivity contribution >= 4 is 0 Å². The van der Waals surface area contributed by atoms with E-state index in [1.165, 1.54) is 6.42 Å². The van der Waals surface area contributed by atoms with Gasteiger partial charge in [0.25, 0.3) is 0 Å². The third-order valence-corrected chi connectivity index (χ3v) is 5.51. The average molecular weight is 240 g/mol. The molecule has 0 aromatic rings. The highest BCUT2D eigenvalue weighted by atomic mass is 16.6. The van der Waals surface area contributed by atoms with Crippen LogP contribution in [0.1, 0.15) is 51.9 Å². The van der Waals surface area contributed by atoms with Gasteiger partial charge in [-0.05, 0) is 37.5 Å². The van der Waals surface area contributed by atoms with Crippen LogP contribution >= 0.6 is 0 Å². The molecule has 1 aliphatic carbocycles. The van der Waals surface area contributed by atoms with Gasteiger partial charge in [0.15, 0.2) is 6.29 Å². The topological polar surface area (TPSA) is 49.7 Å². The first-order valence-electron chi connectivity index (χ1n) is 7.19.